The Labute approximate surface area is 58.4 Å². The van der Waals surface area contributed by atoms with Gasteiger partial charge in [-0.15, -0.1) is 0 Å². The number of rotatable bonds is 1. The number of halogens is 1. The molecule has 0 aromatic carbocycles. The fourth-order valence-corrected chi connectivity index (χ4v) is 0.977. The SMILES string of the molecule is C[C@]1(O)[C@H](F)CO[C@@H]1CO. The quantitative estimate of drug-likeness (QED) is 0.528. The Morgan fingerprint density at radius 2 is 2.40 bits per heavy atom. The molecule has 2 N–H and O–H groups in total. The second-order valence-corrected chi connectivity index (χ2v) is 2.70. The van der Waals surface area contributed by atoms with Gasteiger partial charge in [0, 0.05) is 0 Å². The van der Waals surface area contributed by atoms with E-state index in [1.165, 1.54) is 6.92 Å². The van der Waals surface area contributed by atoms with Crippen LogP contribution in [0.1, 0.15) is 6.92 Å². The van der Waals surface area contributed by atoms with Gasteiger partial charge in [0.1, 0.15) is 11.7 Å². The maximum atomic E-state index is 12.7. The Kier molecular flexibility index (Phi) is 1.94. The van der Waals surface area contributed by atoms with Gasteiger partial charge in [-0.25, -0.2) is 4.39 Å². The molecule has 0 aliphatic carbocycles. The summed E-state index contributed by atoms with van der Waals surface area (Å²) in [5.74, 6) is 0. The van der Waals surface area contributed by atoms with Gasteiger partial charge in [0.25, 0.3) is 0 Å². The molecule has 10 heavy (non-hydrogen) atoms. The van der Waals surface area contributed by atoms with E-state index in [-0.39, 0.29) is 13.2 Å². The zero-order valence-corrected chi connectivity index (χ0v) is 5.75. The molecule has 3 nitrogen and oxygen atoms in total. The Balaban J connectivity index is 2.64. The van der Waals surface area contributed by atoms with Crippen molar-refractivity contribution in [2.45, 2.75) is 24.8 Å². The van der Waals surface area contributed by atoms with Crippen molar-refractivity contribution < 1.29 is 19.3 Å². The number of aliphatic hydroxyl groups excluding tert-OH is 1. The smallest absolute Gasteiger partial charge is 0.154 e. The van der Waals surface area contributed by atoms with Gasteiger partial charge in [0.15, 0.2) is 6.17 Å². The van der Waals surface area contributed by atoms with Crippen molar-refractivity contribution in [3.63, 3.8) is 0 Å². The number of hydrogen-bond donors (Lipinski definition) is 2. The van der Waals surface area contributed by atoms with E-state index in [4.69, 9.17) is 9.84 Å². The molecular weight excluding hydrogens is 139 g/mol. The summed E-state index contributed by atoms with van der Waals surface area (Å²) in [6, 6.07) is 0. The van der Waals surface area contributed by atoms with Crippen molar-refractivity contribution >= 4 is 0 Å². The molecular formula is C6H11FO3. The predicted molar refractivity (Wildman–Crippen MR) is 32.3 cm³/mol. The molecule has 60 valence electrons. The first-order valence-electron chi connectivity index (χ1n) is 3.18. The molecule has 1 aliphatic rings. The van der Waals surface area contributed by atoms with Crippen LogP contribution in [0.15, 0.2) is 0 Å². The monoisotopic (exact) mass is 150 g/mol. The van der Waals surface area contributed by atoms with Crippen molar-refractivity contribution in [1.82, 2.24) is 0 Å². The zero-order valence-electron chi connectivity index (χ0n) is 5.75. The summed E-state index contributed by atoms with van der Waals surface area (Å²) in [5, 5.41) is 17.8. The highest BCUT2D eigenvalue weighted by Crippen LogP contribution is 2.27. The van der Waals surface area contributed by atoms with E-state index in [1.54, 1.807) is 0 Å². The molecule has 4 heteroatoms. The Bertz CT molecular complexity index is 126. The number of hydrogen-bond acceptors (Lipinski definition) is 3. The third kappa shape index (κ3) is 1.02. The van der Waals surface area contributed by atoms with Gasteiger partial charge in [-0.1, -0.05) is 0 Å². The summed E-state index contributed by atoms with van der Waals surface area (Å²) >= 11 is 0. The second-order valence-electron chi connectivity index (χ2n) is 2.70. The van der Waals surface area contributed by atoms with Crippen molar-refractivity contribution in [2.75, 3.05) is 13.2 Å². The fourth-order valence-electron chi connectivity index (χ4n) is 0.977. The Morgan fingerprint density at radius 3 is 2.60 bits per heavy atom. The summed E-state index contributed by atoms with van der Waals surface area (Å²) in [4.78, 5) is 0. The van der Waals surface area contributed by atoms with Gasteiger partial charge in [-0.3, -0.25) is 0 Å². The molecule has 0 bridgehead atoms. The molecule has 0 saturated carbocycles. The van der Waals surface area contributed by atoms with E-state index >= 15 is 0 Å². The third-order valence-electron chi connectivity index (χ3n) is 1.90. The molecule has 1 aliphatic heterocycles. The molecule has 0 spiro atoms. The largest absolute Gasteiger partial charge is 0.394 e. The average Bonchev–Trinajstić information content (AvgIpc) is 2.10. The van der Waals surface area contributed by atoms with Crippen LogP contribution in [0.4, 0.5) is 4.39 Å². The van der Waals surface area contributed by atoms with E-state index in [2.05, 4.69) is 0 Å². The highest BCUT2D eigenvalue weighted by molar-refractivity contribution is 4.95. The molecule has 0 unspecified atom stereocenters. The first-order chi connectivity index (χ1) is 4.59. The minimum atomic E-state index is -1.52. The standard InChI is InChI=1S/C6H11FO3/c1-6(9)4(7)3-10-5(6)2-8/h4-5,8-9H,2-3H2,1H3/t4-,5-,6+/m1/s1. The van der Waals surface area contributed by atoms with Crippen LogP contribution in [0, 0.1) is 0 Å². The van der Waals surface area contributed by atoms with Gasteiger partial charge in [0.05, 0.1) is 13.2 Å². The third-order valence-corrected chi connectivity index (χ3v) is 1.90. The lowest BCUT2D eigenvalue weighted by molar-refractivity contribution is -0.0647. The molecule has 0 aromatic heterocycles. The summed E-state index contributed by atoms with van der Waals surface area (Å²) in [6.07, 6.45) is -2.16. The van der Waals surface area contributed by atoms with Crippen LogP contribution >= 0.6 is 0 Å². The van der Waals surface area contributed by atoms with Crippen molar-refractivity contribution in [2.24, 2.45) is 0 Å². The Hall–Kier alpha value is -0.190. The van der Waals surface area contributed by atoms with Gasteiger partial charge >= 0.3 is 0 Å². The summed E-state index contributed by atoms with van der Waals surface area (Å²) in [7, 11) is 0. The van der Waals surface area contributed by atoms with Gasteiger partial charge in [-0.05, 0) is 6.92 Å². The van der Waals surface area contributed by atoms with Crippen molar-refractivity contribution in [3.8, 4) is 0 Å². The van der Waals surface area contributed by atoms with Crippen LogP contribution in [0.2, 0.25) is 0 Å². The molecule has 1 heterocycles. The second kappa shape index (κ2) is 2.45. The lowest BCUT2D eigenvalue weighted by atomic mass is 9.97. The van der Waals surface area contributed by atoms with E-state index in [1.807, 2.05) is 0 Å². The van der Waals surface area contributed by atoms with Gasteiger partial charge in [-0.2, -0.15) is 0 Å². The summed E-state index contributed by atoms with van der Waals surface area (Å²) in [5.41, 5.74) is -1.52. The Morgan fingerprint density at radius 1 is 1.80 bits per heavy atom. The van der Waals surface area contributed by atoms with Crippen LogP contribution in [0.3, 0.4) is 0 Å². The van der Waals surface area contributed by atoms with Crippen LogP contribution in [0.25, 0.3) is 0 Å². The lowest BCUT2D eigenvalue weighted by Crippen LogP contribution is -2.43. The van der Waals surface area contributed by atoms with Crippen LogP contribution < -0.4 is 0 Å². The van der Waals surface area contributed by atoms with Gasteiger partial charge < -0.3 is 14.9 Å². The maximum absolute atomic E-state index is 12.7. The van der Waals surface area contributed by atoms with E-state index in [9.17, 15) is 9.50 Å². The van der Waals surface area contributed by atoms with Crippen molar-refractivity contribution in [1.29, 1.82) is 0 Å². The molecule has 0 aromatic rings. The minimum absolute atomic E-state index is 0.127. The average molecular weight is 150 g/mol. The maximum Gasteiger partial charge on any atom is 0.154 e. The molecule has 0 amide bonds. The van der Waals surface area contributed by atoms with E-state index < -0.39 is 17.9 Å². The van der Waals surface area contributed by atoms with Crippen LogP contribution in [0.5, 0.6) is 0 Å². The first-order valence-corrected chi connectivity index (χ1v) is 3.18. The first kappa shape index (κ1) is 7.91. The van der Waals surface area contributed by atoms with E-state index in [0.29, 0.717) is 0 Å². The highest BCUT2D eigenvalue weighted by Gasteiger charge is 2.46. The molecule has 1 fully saturated rings. The zero-order chi connectivity index (χ0) is 7.78. The van der Waals surface area contributed by atoms with E-state index in [0.717, 1.165) is 0 Å². The molecule has 3 atom stereocenters. The van der Waals surface area contributed by atoms with Crippen LogP contribution in [-0.2, 0) is 4.74 Å². The molecule has 1 rings (SSSR count). The minimum Gasteiger partial charge on any atom is -0.394 e. The lowest BCUT2D eigenvalue weighted by Gasteiger charge is -2.23. The number of aliphatic hydroxyl groups is 2. The van der Waals surface area contributed by atoms with Gasteiger partial charge in [0.2, 0.25) is 0 Å². The summed E-state index contributed by atoms with van der Waals surface area (Å²) < 4.78 is 17.4. The molecule has 1 saturated heterocycles. The normalized spacial score (nSPS) is 48.0. The number of alkyl halides is 1. The molecule has 0 radical (unpaired) electrons. The summed E-state index contributed by atoms with van der Waals surface area (Å²) in [6.45, 7) is 0.858. The number of ether oxygens (including phenoxy) is 1. The highest BCUT2D eigenvalue weighted by atomic mass is 19.1. The van der Waals surface area contributed by atoms with Crippen LogP contribution in [-0.4, -0.2) is 41.3 Å². The predicted octanol–water partition coefficient (Wildman–Crippen LogP) is -0.533. The fraction of sp³-hybridized carbons (Fsp3) is 1.00. The van der Waals surface area contributed by atoms with Crippen molar-refractivity contribution in [3.05, 3.63) is 0 Å². The topological polar surface area (TPSA) is 49.7 Å².